The third-order valence-corrected chi connectivity index (χ3v) is 4.12. The van der Waals surface area contributed by atoms with E-state index in [9.17, 15) is 9.90 Å². The molecule has 0 aromatic carbocycles. The number of hydrogen-bond acceptors (Lipinski definition) is 3. The van der Waals surface area contributed by atoms with Crippen LogP contribution in [0.15, 0.2) is 0 Å². The van der Waals surface area contributed by atoms with Crippen molar-refractivity contribution < 1.29 is 14.6 Å². The number of rotatable bonds is 8. The van der Waals surface area contributed by atoms with Crippen molar-refractivity contribution in [1.82, 2.24) is 4.90 Å². The fraction of sp³-hybridized carbons (Fsp3) is 0.923. The molecule has 0 aromatic rings. The largest absolute Gasteiger partial charge is 0.481 e. The average Bonchev–Trinajstić information content (AvgIpc) is 2.81. The number of aliphatic carboxylic acids is 1. The standard InChI is InChI=1S/C13H26BNO3.2ClH/c1-3-4-7-13(14,12(16)17)8-10-15-9-5-6-11(15)18-2;;/h11H,3-10,14H2,1-2H3,(H,16,17);2*1H. The summed E-state index contributed by atoms with van der Waals surface area (Å²) in [6.45, 7) is 3.96. The highest BCUT2D eigenvalue weighted by Gasteiger charge is 2.34. The summed E-state index contributed by atoms with van der Waals surface area (Å²) in [5.41, 5.74) is 0. The van der Waals surface area contributed by atoms with Crippen LogP contribution in [0.4, 0.5) is 0 Å². The molecule has 1 rings (SSSR count). The molecule has 0 aliphatic carbocycles. The van der Waals surface area contributed by atoms with E-state index in [4.69, 9.17) is 4.74 Å². The minimum atomic E-state index is -0.663. The minimum Gasteiger partial charge on any atom is -0.481 e. The first-order valence-corrected chi connectivity index (χ1v) is 7.03. The summed E-state index contributed by atoms with van der Waals surface area (Å²) >= 11 is 0. The lowest BCUT2D eigenvalue weighted by molar-refractivity contribution is -0.141. The predicted octanol–water partition coefficient (Wildman–Crippen LogP) is 2.36. The zero-order valence-electron chi connectivity index (χ0n) is 12.8. The molecule has 1 N–H and O–H groups in total. The second kappa shape index (κ2) is 10.7. The van der Waals surface area contributed by atoms with Crippen molar-refractivity contribution in [2.75, 3.05) is 20.2 Å². The second-order valence-electron chi connectivity index (χ2n) is 5.59. The molecule has 0 spiro atoms. The second-order valence-corrected chi connectivity index (χ2v) is 5.59. The van der Waals surface area contributed by atoms with Crippen LogP contribution in [0.25, 0.3) is 0 Å². The van der Waals surface area contributed by atoms with Gasteiger partial charge in [-0.2, -0.15) is 0 Å². The number of carbonyl (C=O) groups is 1. The normalized spacial score (nSPS) is 21.6. The van der Waals surface area contributed by atoms with E-state index >= 15 is 0 Å². The lowest BCUT2D eigenvalue weighted by Crippen LogP contribution is -2.35. The van der Waals surface area contributed by atoms with Crippen molar-refractivity contribution in [1.29, 1.82) is 0 Å². The number of nitrogens with zero attached hydrogens (tertiary/aromatic N) is 1. The molecule has 4 nitrogen and oxygen atoms in total. The Balaban J connectivity index is 0. The molecule has 1 aliphatic heterocycles. The number of carboxylic acid groups (broad SMARTS) is 1. The molecule has 7 heteroatoms. The van der Waals surface area contributed by atoms with Gasteiger partial charge in [-0.3, -0.25) is 9.69 Å². The molecule has 2 unspecified atom stereocenters. The van der Waals surface area contributed by atoms with E-state index in [0.29, 0.717) is 6.42 Å². The highest BCUT2D eigenvalue weighted by atomic mass is 35.5. The van der Waals surface area contributed by atoms with Gasteiger partial charge < -0.3 is 9.84 Å². The third-order valence-electron chi connectivity index (χ3n) is 4.12. The third kappa shape index (κ3) is 6.21. The molecule has 120 valence electrons. The van der Waals surface area contributed by atoms with E-state index in [1.54, 1.807) is 7.11 Å². The van der Waals surface area contributed by atoms with Crippen LogP contribution in [0.5, 0.6) is 0 Å². The summed E-state index contributed by atoms with van der Waals surface area (Å²) in [6, 6.07) is 0. The Labute approximate surface area is 135 Å². The number of ether oxygens (including phenoxy) is 1. The van der Waals surface area contributed by atoms with Gasteiger partial charge in [0.15, 0.2) is 0 Å². The maximum absolute atomic E-state index is 11.4. The van der Waals surface area contributed by atoms with Crippen LogP contribution in [-0.4, -0.2) is 50.2 Å². The lowest BCUT2D eigenvalue weighted by Gasteiger charge is -2.29. The first-order valence-electron chi connectivity index (χ1n) is 7.03. The van der Waals surface area contributed by atoms with Crippen LogP contribution >= 0.6 is 24.8 Å². The van der Waals surface area contributed by atoms with Crippen molar-refractivity contribution in [3.8, 4) is 0 Å². The Morgan fingerprint density at radius 3 is 2.60 bits per heavy atom. The lowest BCUT2D eigenvalue weighted by atomic mass is 9.63. The molecule has 1 aliphatic rings. The maximum Gasteiger partial charge on any atom is 0.301 e. The van der Waals surface area contributed by atoms with Gasteiger partial charge in [-0.1, -0.05) is 19.8 Å². The highest BCUT2D eigenvalue weighted by Crippen LogP contribution is 2.34. The summed E-state index contributed by atoms with van der Waals surface area (Å²) in [4.78, 5) is 13.7. The Morgan fingerprint density at radius 2 is 2.10 bits per heavy atom. The van der Waals surface area contributed by atoms with Crippen molar-refractivity contribution in [2.45, 2.75) is 57.0 Å². The summed E-state index contributed by atoms with van der Waals surface area (Å²) < 4.78 is 5.41. The van der Waals surface area contributed by atoms with Crippen molar-refractivity contribution in [2.24, 2.45) is 0 Å². The van der Waals surface area contributed by atoms with E-state index in [-0.39, 0.29) is 31.0 Å². The van der Waals surface area contributed by atoms with Crippen LogP contribution in [-0.2, 0) is 9.53 Å². The zero-order valence-corrected chi connectivity index (χ0v) is 14.4. The van der Waals surface area contributed by atoms with E-state index < -0.39 is 11.3 Å². The van der Waals surface area contributed by atoms with Gasteiger partial charge >= 0.3 is 5.97 Å². The van der Waals surface area contributed by atoms with Crippen LogP contribution in [0, 0.1) is 0 Å². The van der Waals surface area contributed by atoms with Crippen LogP contribution in [0.2, 0.25) is 5.31 Å². The summed E-state index contributed by atoms with van der Waals surface area (Å²) in [6.07, 6.45) is 5.91. The Morgan fingerprint density at radius 1 is 1.45 bits per heavy atom. The van der Waals surface area contributed by atoms with Crippen molar-refractivity contribution in [3.05, 3.63) is 0 Å². The summed E-state index contributed by atoms with van der Waals surface area (Å²) in [5, 5.41) is 8.82. The summed E-state index contributed by atoms with van der Waals surface area (Å²) in [5.74, 6) is -0.663. The number of carboxylic acids is 1. The smallest absolute Gasteiger partial charge is 0.301 e. The topological polar surface area (TPSA) is 49.8 Å². The molecule has 1 saturated heterocycles. The molecule has 0 amide bonds. The molecule has 1 heterocycles. The van der Waals surface area contributed by atoms with Gasteiger partial charge in [-0.25, -0.2) is 0 Å². The van der Waals surface area contributed by atoms with Crippen LogP contribution < -0.4 is 0 Å². The Bertz CT molecular complexity index is 284. The monoisotopic (exact) mass is 327 g/mol. The molecule has 1 fully saturated rings. The fourth-order valence-corrected chi connectivity index (χ4v) is 2.61. The number of hydrogen-bond donors (Lipinski definition) is 1. The number of likely N-dealkylation sites (tertiary alicyclic amines) is 1. The zero-order chi connectivity index (χ0) is 13.6. The molecule has 0 aromatic heterocycles. The fourth-order valence-electron chi connectivity index (χ4n) is 2.61. The van der Waals surface area contributed by atoms with Crippen LogP contribution in [0.3, 0.4) is 0 Å². The summed E-state index contributed by atoms with van der Waals surface area (Å²) in [7, 11) is 3.61. The highest BCUT2D eigenvalue weighted by molar-refractivity contribution is 6.26. The number of methoxy groups -OCH3 is 1. The van der Waals surface area contributed by atoms with Gasteiger partial charge in [0.05, 0.1) is 0 Å². The number of halogens is 2. The Hall–Kier alpha value is 0.0349. The first-order chi connectivity index (χ1) is 8.53. The molecule has 0 bridgehead atoms. The Kier molecular flexibility index (Phi) is 12.0. The molecular formula is C13H28BCl2NO3. The molecule has 0 saturated carbocycles. The van der Waals surface area contributed by atoms with Gasteiger partial charge in [0.2, 0.25) is 0 Å². The maximum atomic E-state index is 11.4. The predicted molar refractivity (Wildman–Crippen MR) is 89.1 cm³/mol. The molecular weight excluding hydrogens is 300 g/mol. The van der Waals surface area contributed by atoms with Gasteiger partial charge in [0, 0.05) is 25.5 Å². The average molecular weight is 328 g/mol. The first kappa shape index (κ1) is 22.3. The molecule has 0 radical (unpaired) electrons. The van der Waals surface area contributed by atoms with E-state index in [1.165, 1.54) is 0 Å². The SMILES string of the molecule is BC(CCCC)(CCN1CCCC1OC)C(=O)O.Cl.Cl. The van der Waals surface area contributed by atoms with Gasteiger partial charge in [-0.05, 0) is 25.7 Å². The van der Waals surface area contributed by atoms with Crippen molar-refractivity contribution >= 4 is 38.6 Å². The molecule has 20 heavy (non-hydrogen) atoms. The van der Waals surface area contributed by atoms with Crippen molar-refractivity contribution in [3.63, 3.8) is 0 Å². The van der Waals surface area contributed by atoms with Gasteiger partial charge in [0.25, 0.3) is 0 Å². The molecule has 2 atom stereocenters. The quantitative estimate of drug-likeness (QED) is 0.695. The van der Waals surface area contributed by atoms with Gasteiger partial charge in [-0.15, -0.1) is 24.8 Å². The van der Waals surface area contributed by atoms with Crippen LogP contribution in [0.1, 0.15) is 45.4 Å². The van der Waals surface area contributed by atoms with E-state index in [0.717, 1.165) is 45.2 Å². The van der Waals surface area contributed by atoms with Gasteiger partial charge in [0.1, 0.15) is 14.1 Å². The van der Waals surface area contributed by atoms with E-state index in [1.807, 2.05) is 7.85 Å². The number of unbranched alkanes of at least 4 members (excludes halogenated alkanes) is 1. The van der Waals surface area contributed by atoms with E-state index in [2.05, 4.69) is 11.8 Å². The minimum absolute atomic E-state index is 0.